The van der Waals surface area contributed by atoms with E-state index < -0.39 is 10.0 Å². The van der Waals surface area contributed by atoms with E-state index in [1.807, 2.05) is 24.0 Å². The van der Waals surface area contributed by atoms with Crippen molar-refractivity contribution in [2.45, 2.75) is 38.3 Å². The Labute approximate surface area is 157 Å². The smallest absolute Gasteiger partial charge is 0.273 e. The van der Waals surface area contributed by atoms with Crippen LogP contribution in [0.1, 0.15) is 24.6 Å². The summed E-state index contributed by atoms with van der Waals surface area (Å²) in [6, 6.07) is 4.77. The van der Waals surface area contributed by atoms with Crippen molar-refractivity contribution in [3.05, 3.63) is 58.5 Å². The van der Waals surface area contributed by atoms with Crippen LogP contribution in [-0.2, 0) is 23.0 Å². The van der Waals surface area contributed by atoms with E-state index in [1.54, 1.807) is 25.3 Å². The number of aryl methyl sites for hydroxylation is 3. The van der Waals surface area contributed by atoms with Gasteiger partial charge in [-0.3, -0.25) is 9.78 Å². The van der Waals surface area contributed by atoms with Crippen LogP contribution in [0.3, 0.4) is 0 Å². The topological polar surface area (TPSA) is 112 Å². The van der Waals surface area contributed by atoms with Crippen LogP contribution in [0.15, 0.2) is 51.2 Å². The van der Waals surface area contributed by atoms with Gasteiger partial charge in [-0.2, -0.15) is 0 Å². The molecule has 0 aliphatic carbocycles. The van der Waals surface area contributed by atoms with Gasteiger partial charge in [0.1, 0.15) is 18.2 Å². The summed E-state index contributed by atoms with van der Waals surface area (Å²) < 4.78 is 34.9. The predicted molar refractivity (Wildman–Crippen MR) is 99.7 cm³/mol. The molecule has 0 amide bonds. The minimum atomic E-state index is -3.73. The molecule has 0 aliphatic rings. The highest BCUT2D eigenvalue weighted by Gasteiger charge is 2.20. The van der Waals surface area contributed by atoms with Crippen LogP contribution < -0.4 is 14.8 Å². The van der Waals surface area contributed by atoms with Crippen LogP contribution in [0.5, 0.6) is 0 Å². The normalized spacial score (nSPS) is 11.8. The van der Waals surface area contributed by atoms with Crippen LogP contribution in [-0.4, -0.2) is 24.9 Å². The molecule has 0 radical (unpaired) electrons. The molecule has 0 fully saturated rings. The molecule has 27 heavy (non-hydrogen) atoms. The number of nitrogens with zero attached hydrogens (tertiary/aromatic N) is 1. The SMILES string of the molecule is CCc1cc(-c2ccc(S(=O)(=O)NCCC[n+]3cc[nH]c3)o2)c(C)[nH]c1=O. The first-order valence-corrected chi connectivity index (χ1v) is 10.2. The van der Waals surface area contributed by atoms with E-state index in [-0.39, 0.29) is 10.7 Å². The quantitative estimate of drug-likeness (QED) is 0.399. The van der Waals surface area contributed by atoms with Crippen LogP contribution in [0.4, 0.5) is 0 Å². The first-order valence-electron chi connectivity index (χ1n) is 8.75. The summed E-state index contributed by atoms with van der Waals surface area (Å²) in [4.78, 5) is 17.6. The zero-order valence-electron chi connectivity index (χ0n) is 15.3. The maximum atomic E-state index is 12.4. The van der Waals surface area contributed by atoms with Gasteiger partial charge in [0, 0.05) is 23.4 Å². The van der Waals surface area contributed by atoms with E-state index in [1.165, 1.54) is 6.07 Å². The number of furan rings is 1. The summed E-state index contributed by atoms with van der Waals surface area (Å²) in [6.07, 6.45) is 6.72. The molecule has 0 atom stereocenters. The van der Waals surface area contributed by atoms with Crippen LogP contribution >= 0.6 is 0 Å². The van der Waals surface area contributed by atoms with Gasteiger partial charge >= 0.3 is 0 Å². The minimum absolute atomic E-state index is 0.139. The summed E-state index contributed by atoms with van der Waals surface area (Å²) >= 11 is 0. The lowest BCUT2D eigenvalue weighted by Crippen LogP contribution is -2.33. The van der Waals surface area contributed by atoms with Gasteiger partial charge in [0.25, 0.3) is 15.6 Å². The molecule has 0 aromatic carbocycles. The van der Waals surface area contributed by atoms with E-state index in [2.05, 4.69) is 14.7 Å². The maximum Gasteiger partial charge on any atom is 0.273 e. The highest BCUT2D eigenvalue weighted by molar-refractivity contribution is 7.89. The third kappa shape index (κ3) is 4.37. The van der Waals surface area contributed by atoms with Gasteiger partial charge in [-0.25, -0.2) is 17.7 Å². The molecule has 3 heterocycles. The Kier molecular flexibility index (Phi) is 5.62. The van der Waals surface area contributed by atoms with E-state index in [9.17, 15) is 13.2 Å². The van der Waals surface area contributed by atoms with Crippen molar-refractivity contribution < 1.29 is 17.4 Å². The Balaban J connectivity index is 1.71. The highest BCUT2D eigenvalue weighted by Crippen LogP contribution is 2.26. The first kappa shape index (κ1) is 19.1. The number of sulfonamides is 1. The Morgan fingerprint density at radius 1 is 1.30 bits per heavy atom. The van der Waals surface area contributed by atoms with Gasteiger partial charge in [0.15, 0.2) is 0 Å². The summed E-state index contributed by atoms with van der Waals surface area (Å²) in [5, 5.41) is -0.143. The number of H-pyrrole nitrogens is 2. The number of nitrogens with one attached hydrogen (secondary N) is 3. The second-order valence-corrected chi connectivity index (χ2v) is 7.93. The summed E-state index contributed by atoms with van der Waals surface area (Å²) in [5.74, 6) is 0.404. The minimum Gasteiger partial charge on any atom is -0.443 e. The molecule has 0 bridgehead atoms. The summed E-state index contributed by atoms with van der Waals surface area (Å²) in [6.45, 7) is 4.64. The van der Waals surface area contributed by atoms with E-state index in [0.717, 1.165) is 0 Å². The molecule has 0 unspecified atom stereocenters. The maximum absolute atomic E-state index is 12.4. The zero-order chi connectivity index (χ0) is 19.4. The van der Waals surface area contributed by atoms with Crippen molar-refractivity contribution in [1.29, 1.82) is 0 Å². The molecular weight excluding hydrogens is 368 g/mol. The highest BCUT2D eigenvalue weighted by atomic mass is 32.2. The van der Waals surface area contributed by atoms with Gasteiger partial charge in [0.05, 0.1) is 6.54 Å². The van der Waals surface area contributed by atoms with Crippen LogP contribution in [0.2, 0.25) is 0 Å². The lowest BCUT2D eigenvalue weighted by atomic mass is 10.1. The third-order valence-corrected chi connectivity index (χ3v) is 5.63. The molecule has 0 saturated carbocycles. The van der Waals surface area contributed by atoms with Gasteiger partial charge < -0.3 is 9.40 Å². The summed E-state index contributed by atoms with van der Waals surface area (Å²) in [5.41, 5.74) is 1.79. The molecule has 0 aliphatic heterocycles. The molecule has 144 valence electrons. The largest absolute Gasteiger partial charge is 0.443 e. The number of aromatic nitrogens is 3. The molecule has 0 saturated heterocycles. The Bertz CT molecular complexity index is 1070. The van der Waals surface area contributed by atoms with Crippen molar-refractivity contribution in [1.82, 2.24) is 14.7 Å². The zero-order valence-corrected chi connectivity index (χ0v) is 16.1. The fraction of sp³-hybridized carbons (Fsp3) is 0.333. The second-order valence-electron chi connectivity index (χ2n) is 6.24. The molecule has 8 nitrogen and oxygen atoms in total. The van der Waals surface area contributed by atoms with Crippen LogP contribution in [0.25, 0.3) is 11.3 Å². The Morgan fingerprint density at radius 2 is 2.11 bits per heavy atom. The van der Waals surface area contributed by atoms with E-state index >= 15 is 0 Å². The van der Waals surface area contributed by atoms with Gasteiger partial charge in [-0.1, -0.05) is 6.92 Å². The number of imidazole rings is 1. The number of pyridine rings is 1. The molecule has 3 rings (SSSR count). The summed E-state index contributed by atoms with van der Waals surface area (Å²) in [7, 11) is -3.73. The molecule has 3 aromatic heterocycles. The fourth-order valence-electron chi connectivity index (χ4n) is 2.79. The van der Waals surface area contributed by atoms with E-state index in [0.29, 0.717) is 48.5 Å². The van der Waals surface area contributed by atoms with Gasteiger partial charge in [-0.05, 0) is 38.0 Å². The second kappa shape index (κ2) is 7.93. The van der Waals surface area contributed by atoms with E-state index in [4.69, 9.17) is 4.42 Å². The molecular formula is C18H23N4O4S+. The number of hydrogen-bond donors (Lipinski definition) is 3. The van der Waals surface area contributed by atoms with Crippen molar-refractivity contribution in [3.63, 3.8) is 0 Å². The first-order chi connectivity index (χ1) is 12.9. The molecule has 9 heteroatoms. The standard InChI is InChI=1S/C18H22N4O4S/c1-3-14-11-15(13(2)21-18(14)23)16-5-6-17(26-16)27(24,25)20-7-4-9-22-10-8-19-12-22/h5-6,8,10-12,20H,3-4,7,9H2,1-2H3,(H,21,23)/p+1. The average Bonchev–Trinajstić information content (AvgIpc) is 3.31. The Hall–Kier alpha value is -2.65. The molecule has 3 N–H and O–H groups in total. The average molecular weight is 391 g/mol. The Morgan fingerprint density at radius 3 is 2.81 bits per heavy atom. The number of aromatic amines is 2. The lowest BCUT2D eigenvalue weighted by Gasteiger charge is -2.06. The van der Waals surface area contributed by atoms with Gasteiger partial charge in [0.2, 0.25) is 11.4 Å². The third-order valence-electron chi connectivity index (χ3n) is 4.30. The number of rotatable bonds is 8. The molecule has 0 spiro atoms. The van der Waals surface area contributed by atoms with Crippen molar-refractivity contribution in [3.8, 4) is 11.3 Å². The van der Waals surface area contributed by atoms with Crippen molar-refractivity contribution in [2.75, 3.05) is 6.54 Å². The monoisotopic (exact) mass is 391 g/mol. The fourth-order valence-corrected chi connectivity index (χ4v) is 3.79. The van der Waals surface area contributed by atoms with Crippen molar-refractivity contribution in [2.24, 2.45) is 0 Å². The van der Waals surface area contributed by atoms with Gasteiger partial charge in [-0.15, -0.1) is 0 Å². The lowest BCUT2D eigenvalue weighted by molar-refractivity contribution is -0.695. The molecule has 3 aromatic rings. The predicted octanol–water partition coefficient (Wildman–Crippen LogP) is 1.49. The number of hydrogen-bond acceptors (Lipinski definition) is 4. The van der Waals surface area contributed by atoms with Crippen molar-refractivity contribution >= 4 is 10.0 Å². The van der Waals surface area contributed by atoms with Crippen LogP contribution in [0, 0.1) is 6.92 Å².